The quantitative estimate of drug-likeness (QED) is 0.359. The van der Waals surface area contributed by atoms with Crippen molar-refractivity contribution >= 4 is 12.1 Å². The molecule has 7 nitrogen and oxygen atoms in total. The number of carbonyl (C=O) groups is 2. The fraction of sp³-hybridized carbons (Fsp3) is 0.556. The summed E-state index contributed by atoms with van der Waals surface area (Å²) in [5.41, 5.74) is 5.51. The maximum Gasteiger partial charge on any atom is 0.407 e. The maximum absolute atomic E-state index is 11.1. The average Bonchev–Trinajstić information content (AvgIpc) is 2.26. The molecule has 0 heterocycles. The third-order valence-corrected chi connectivity index (χ3v) is 1.41. The minimum absolute atomic E-state index is 0.103. The molecule has 0 atom stereocenters. The molecular weight excluding hydrogens is 216 g/mol. The van der Waals surface area contributed by atoms with Crippen LogP contribution in [0.5, 0.6) is 0 Å². The highest BCUT2D eigenvalue weighted by Gasteiger charge is 2.02. The van der Waals surface area contributed by atoms with E-state index in [0.29, 0.717) is 6.61 Å². The molecule has 0 aromatic heterocycles. The second-order valence-electron chi connectivity index (χ2n) is 2.71. The van der Waals surface area contributed by atoms with E-state index < -0.39 is 12.1 Å². The summed E-state index contributed by atoms with van der Waals surface area (Å²) in [6, 6.07) is 0. The molecule has 0 fully saturated rings. The van der Waals surface area contributed by atoms with Gasteiger partial charge in [0.05, 0.1) is 12.3 Å². The fourth-order valence-electron chi connectivity index (χ4n) is 0.681. The minimum atomic E-state index is -0.621. The maximum atomic E-state index is 11.1. The first kappa shape index (κ1) is 14.2. The smallest absolute Gasteiger partial charge is 0.407 e. The molecule has 0 spiro atoms. The van der Waals surface area contributed by atoms with Crippen LogP contribution < -0.4 is 11.1 Å². The summed E-state index contributed by atoms with van der Waals surface area (Å²) in [6.07, 6.45) is 0.433. The van der Waals surface area contributed by atoms with Gasteiger partial charge in [-0.1, -0.05) is 0 Å². The molecule has 3 N–H and O–H groups in total. The molecule has 0 aliphatic heterocycles. The standard InChI is InChI=1S/C9H16N2O5/c1-11-9(13)16-6-7(10)5-8(12)15-4-3-14-2/h5H,3-4,6,10H2,1-2H3,(H,11,13)/b7-5-. The molecule has 0 aromatic rings. The van der Waals surface area contributed by atoms with Crippen molar-refractivity contribution in [2.45, 2.75) is 0 Å². The van der Waals surface area contributed by atoms with E-state index in [4.69, 9.17) is 10.5 Å². The fourth-order valence-corrected chi connectivity index (χ4v) is 0.681. The Morgan fingerprint density at radius 2 is 2.00 bits per heavy atom. The summed E-state index contributed by atoms with van der Waals surface area (Å²) in [4.78, 5) is 21.7. The molecule has 7 heteroatoms. The van der Waals surface area contributed by atoms with Gasteiger partial charge in [0.25, 0.3) is 0 Å². The van der Waals surface area contributed by atoms with Gasteiger partial charge in [-0.05, 0) is 0 Å². The topological polar surface area (TPSA) is 99.9 Å². The lowest BCUT2D eigenvalue weighted by Crippen LogP contribution is -2.22. The van der Waals surface area contributed by atoms with Gasteiger partial charge in [-0.3, -0.25) is 0 Å². The van der Waals surface area contributed by atoms with Crippen LogP contribution in [-0.2, 0) is 19.0 Å². The van der Waals surface area contributed by atoms with Crippen molar-refractivity contribution in [2.75, 3.05) is 34.0 Å². The largest absolute Gasteiger partial charge is 0.460 e. The highest BCUT2D eigenvalue weighted by Crippen LogP contribution is 1.90. The summed E-state index contributed by atoms with van der Waals surface area (Å²) >= 11 is 0. The molecule has 0 unspecified atom stereocenters. The molecule has 0 aromatic carbocycles. The van der Waals surface area contributed by atoms with E-state index in [0.717, 1.165) is 6.08 Å². The van der Waals surface area contributed by atoms with E-state index in [-0.39, 0.29) is 18.9 Å². The first-order chi connectivity index (χ1) is 7.60. The number of ether oxygens (including phenoxy) is 3. The lowest BCUT2D eigenvalue weighted by Gasteiger charge is -2.04. The van der Waals surface area contributed by atoms with E-state index in [1.165, 1.54) is 14.2 Å². The van der Waals surface area contributed by atoms with Crippen LogP contribution in [0, 0.1) is 0 Å². The summed E-state index contributed by atoms with van der Waals surface area (Å²) in [6.45, 7) is 0.294. The number of amides is 1. The second kappa shape index (κ2) is 8.54. The lowest BCUT2D eigenvalue weighted by atomic mass is 10.4. The summed E-state index contributed by atoms with van der Waals surface area (Å²) in [5, 5.41) is 2.24. The van der Waals surface area contributed by atoms with Gasteiger partial charge in [-0.25, -0.2) is 9.59 Å². The second-order valence-corrected chi connectivity index (χ2v) is 2.71. The zero-order valence-electron chi connectivity index (χ0n) is 9.32. The molecule has 0 saturated carbocycles. The molecule has 0 radical (unpaired) electrons. The number of rotatable bonds is 6. The van der Waals surface area contributed by atoms with Gasteiger partial charge in [-0.2, -0.15) is 0 Å². The summed E-state index contributed by atoms with van der Waals surface area (Å²) in [5.74, 6) is -0.602. The van der Waals surface area contributed by atoms with Crippen LogP contribution in [0.1, 0.15) is 0 Å². The van der Waals surface area contributed by atoms with Gasteiger partial charge in [0, 0.05) is 20.2 Å². The highest BCUT2D eigenvalue weighted by molar-refractivity contribution is 5.82. The molecular formula is C9H16N2O5. The zero-order valence-corrected chi connectivity index (χ0v) is 9.32. The molecule has 0 bridgehead atoms. The van der Waals surface area contributed by atoms with Crippen LogP contribution in [0.2, 0.25) is 0 Å². The Morgan fingerprint density at radius 1 is 1.31 bits per heavy atom. The predicted octanol–water partition coefficient (Wildman–Crippen LogP) is -0.625. The average molecular weight is 232 g/mol. The third kappa shape index (κ3) is 7.63. The monoisotopic (exact) mass is 232 g/mol. The molecule has 16 heavy (non-hydrogen) atoms. The number of esters is 1. The third-order valence-electron chi connectivity index (χ3n) is 1.41. The van der Waals surface area contributed by atoms with Crippen LogP contribution in [-0.4, -0.2) is 46.0 Å². The first-order valence-corrected chi connectivity index (χ1v) is 4.56. The van der Waals surface area contributed by atoms with E-state index >= 15 is 0 Å². The number of hydrogen-bond acceptors (Lipinski definition) is 6. The Balaban J connectivity index is 3.83. The zero-order chi connectivity index (χ0) is 12.4. The number of alkyl carbamates (subject to hydrolysis) is 1. The van der Waals surface area contributed by atoms with Crippen molar-refractivity contribution in [3.05, 3.63) is 11.8 Å². The van der Waals surface area contributed by atoms with Crippen molar-refractivity contribution < 1.29 is 23.8 Å². The summed E-state index contributed by atoms with van der Waals surface area (Å²) < 4.78 is 14.0. The van der Waals surface area contributed by atoms with E-state index in [2.05, 4.69) is 14.8 Å². The first-order valence-electron chi connectivity index (χ1n) is 4.56. The van der Waals surface area contributed by atoms with E-state index in [1.807, 2.05) is 0 Å². The Labute approximate surface area is 93.5 Å². The Morgan fingerprint density at radius 3 is 2.56 bits per heavy atom. The van der Waals surface area contributed by atoms with Crippen molar-refractivity contribution in [1.82, 2.24) is 5.32 Å². The van der Waals surface area contributed by atoms with Crippen LogP contribution in [0.25, 0.3) is 0 Å². The van der Waals surface area contributed by atoms with Crippen LogP contribution in [0.3, 0.4) is 0 Å². The molecule has 0 rings (SSSR count). The number of nitrogens with two attached hydrogens (primary N) is 1. The van der Waals surface area contributed by atoms with Crippen LogP contribution >= 0.6 is 0 Å². The van der Waals surface area contributed by atoms with Crippen LogP contribution in [0.15, 0.2) is 11.8 Å². The number of hydrogen-bond donors (Lipinski definition) is 2. The number of nitrogens with one attached hydrogen (secondary N) is 1. The van der Waals surface area contributed by atoms with Gasteiger partial charge in [-0.15, -0.1) is 0 Å². The van der Waals surface area contributed by atoms with Crippen molar-refractivity contribution in [3.8, 4) is 0 Å². The van der Waals surface area contributed by atoms with Crippen molar-refractivity contribution in [3.63, 3.8) is 0 Å². The Bertz CT molecular complexity index is 265. The van der Waals surface area contributed by atoms with Gasteiger partial charge in [0.2, 0.25) is 0 Å². The van der Waals surface area contributed by atoms with Gasteiger partial charge in [0.1, 0.15) is 13.2 Å². The molecule has 0 saturated heterocycles. The SMILES string of the molecule is CNC(=O)OC/C(N)=C/C(=O)OCCOC. The van der Waals surface area contributed by atoms with Crippen LogP contribution in [0.4, 0.5) is 4.79 Å². The summed E-state index contributed by atoms with van der Waals surface area (Å²) in [7, 11) is 2.91. The molecule has 0 aliphatic carbocycles. The van der Waals surface area contributed by atoms with Gasteiger partial charge < -0.3 is 25.3 Å². The molecule has 92 valence electrons. The number of carbonyl (C=O) groups excluding carboxylic acids is 2. The van der Waals surface area contributed by atoms with E-state index in [1.54, 1.807) is 0 Å². The van der Waals surface area contributed by atoms with Gasteiger partial charge >= 0.3 is 12.1 Å². The van der Waals surface area contributed by atoms with Gasteiger partial charge in [0.15, 0.2) is 0 Å². The Kier molecular flexibility index (Phi) is 7.60. The molecule has 1 amide bonds. The highest BCUT2D eigenvalue weighted by atomic mass is 16.6. The normalized spacial score (nSPS) is 10.8. The van der Waals surface area contributed by atoms with Crippen molar-refractivity contribution in [2.24, 2.45) is 5.73 Å². The number of methoxy groups -OCH3 is 1. The lowest BCUT2D eigenvalue weighted by molar-refractivity contribution is -0.139. The predicted molar refractivity (Wildman–Crippen MR) is 55.5 cm³/mol. The molecule has 0 aliphatic rings. The van der Waals surface area contributed by atoms with Crippen molar-refractivity contribution in [1.29, 1.82) is 0 Å². The van der Waals surface area contributed by atoms with E-state index in [9.17, 15) is 9.59 Å². The Hall–Kier alpha value is -1.76. The minimum Gasteiger partial charge on any atom is -0.460 e.